The minimum atomic E-state index is 0.572. The van der Waals surface area contributed by atoms with E-state index in [9.17, 15) is 4.79 Å². The molecule has 0 spiro atoms. The molecule has 4 nitrogen and oxygen atoms in total. The molecule has 2 aromatic rings. The number of nitrogens with zero attached hydrogens (tertiary/aromatic N) is 3. The van der Waals surface area contributed by atoms with Crippen LogP contribution in [0, 0.1) is 25.2 Å². The second-order valence-corrected chi connectivity index (χ2v) is 3.78. The number of carbonyl (C=O) groups is 1. The van der Waals surface area contributed by atoms with Crippen molar-refractivity contribution in [3.05, 3.63) is 46.8 Å². The first-order valence-corrected chi connectivity index (χ1v) is 5.19. The number of aryl methyl sites for hydroxylation is 1. The minimum absolute atomic E-state index is 0.572. The molecule has 4 heteroatoms. The normalized spacial score (nSPS) is 9.94. The number of benzene rings is 1. The molecule has 0 saturated heterocycles. The van der Waals surface area contributed by atoms with E-state index in [-0.39, 0.29) is 0 Å². The summed E-state index contributed by atoms with van der Waals surface area (Å²) in [6.45, 7) is 3.63. The number of hydrogen-bond donors (Lipinski definition) is 0. The van der Waals surface area contributed by atoms with Gasteiger partial charge >= 0.3 is 0 Å². The molecular weight excluding hydrogens is 214 g/mol. The molecule has 0 aliphatic carbocycles. The summed E-state index contributed by atoms with van der Waals surface area (Å²) < 4.78 is 1.68. The third kappa shape index (κ3) is 1.83. The van der Waals surface area contributed by atoms with Crippen LogP contribution in [0.4, 0.5) is 0 Å². The van der Waals surface area contributed by atoms with Crippen LogP contribution in [0.3, 0.4) is 0 Å². The Bertz CT molecular complexity index is 620. The Labute approximate surface area is 99.1 Å². The lowest BCUT2D eigenvalue weighted by molar-refractivity contribution is 0.112. The van der Waals surface area contributed by atoms with E-state index in [1.807, 2.05) is 13.0 Å². The van der Waals surface area contributed by atoms with Crippen molar-refractivity contribution in [1.82, 2.24) is 9.78 Å². The Kier molecular flexibility index (Phi) is 2.75. The Balaban J connectivity index is 2.61. The summed E-state index contributed by atoms with van der Waals surface area (Å²) in [4.78, 5) is 10.9. The summed E-state index contributed by atoms with van der Waals surface area (Å²) in [7, 11) is 0. The fourth-order valence-electron chi connectivity index (χ4n) is 1.78. The van der Waals surface area contributed by atoms with E-state index >= 15 is 0 Å². The number of rotatable bonds is 2. The number of nitriles is 1. The molecular formula is C13H11N3O. The standard InChI is InChI=1S/C13H11N3O/c1-9-13(8-17)10(2)16(15-9)12-5-3-4-11(6-12)7-14/h3-6,8H,1-2H3. The van der Waals surface area contributed by atoms with Crippen LogP contribution in [0.15, 0.2) is 24.3 Å². The molecule has 0 aliphatic rings. The maximum atomic E-state index is 10.9. The van der Waals surface area contributed by atoms with Crippen molar-refractivity contribution >= 4 is 6.29 Å². The van der Waals surface area contributed by atoms with Crippen molar-refractivity contribution < 1.29 is 4.79 Å². The second kappa shape index (κ2) is 4.22. The maximum absolute atomic E-state index is 10.9. The van der Waals surface area contributed by atoms with Crippen LogP contribution in [0.2, 0.25) is 0 Å². The molecule has 84 valence electrons. The quantitative estimate of drug-likeness (QED) is 0.736. The van der Waals surface area contributed by atoms with Crippen LogP contribution in [0.1, 0.15) is 27.3 Å². The molecule has 1 aromatic carbocycles. The Morgan fingerprint density at radius 2 is 2.18 bits per heavy atom. The molecule has 0 bridgehead atoms. The lowest BCUT2D eigenvalue weighted by Gasteiger charge is -2.04. The Morgan fingerprint density at radius 1 is 1.41 bits per heavy atom. The first kappa shape index (κ1) is 11.1. The van der Waals surface area contributed by atoms with Gasteiger partial charge < -0.3 is 0 Å². The monoisotopic (exact) mass is 225 g/mol. The molecule has 0 saturated carbocycles. The molecule has 17 heavy (non-hydrogen) atoms. The summed E-state index contributed by atoms with van der Waals surface area (Å²) >= 11 is 0. The van der Waals surface area contributed by atoms with Gasteiger partial charge in [0.05, 0.1) is 34.3 Å². The predicted molar refractivity (Wildman–Crippen MR) is 63.1 cm³/mol. The zero-order chi connectivity index (χ0) is 12.4. The van der Waals surface area contributed by atoms with Crippen LogP contribution in [-0.4, -0.2) is 16.1 Å². The highest BCUT2D eigenvalue weighted by Crippen LogP contribution is 2.17. The van der Waals surface area contributed by atoms with Gasteiger partial charge in [0.1, 0.15) is 0 Å². The van der Waals surface area contributed by atoms with E-state index in [1.165, 1.54) is 0 Å². The van der Waals surface area contributed by atoms with E-state index in [1.54, 1.807) is 29.8 Å². The molecule has 0 N–H and O–H groups in total. The van der Waals surface area contributed by atoms with Gasteiger partial charge in [0.2, 0.25) is 0 Å². The van der Waals surface area contributed by atoms with Crippen LogP contribution in [0.25, 0.3) is 5.69 Å². The number of aromatic nitrogens is 2. The molecule has 0 radical (unpaired) electrons. The summed E-state index contributed by atoms with van der Waals surface area (Å²) in [5, 5.41) is 13.2. The smallest absolute Gasteiger partial charge is 0.153 e. The van der Waals surface area contributed by atoms with Gasteiger partial charge in [-0.05, 0) is 32.0 Å². The molecule has 0 fully saturated rings. The Morgan fingerprint density at radius 3 is 2.76 bits per heavy atom. The minimum Gasteiger partial charge on any atom is -0.298 e. The fraction of sp³-hybridized carbons (Fsp3) is 0.154. The molecule has 0 aliphatic heterocycles. The van der Waals surface area contributed by atoms with Crippen molar-refractivity contribution in [2.45, 2.75) is 13.8 Å². The molecule has 0 amide bonds. The van der Waals surface area contributed by atoms with Gasteiger partial charge in [-0.2, -0.15) is 10.4 Å². The molecule has 0 unspecified atom stereocenters. The number of hydrogen-bond acceptors (Lipinski definition) is 3. The van der Waals surface area contributed by atoms with E-state index in [0.29, 0.717) is 16.8 Å². The van der Waals surface area contributed by atoms with Gasteiger partial charge in [0.15, 0.2) is 6.29 Å². The summed E-state index contributed by atoms with van der Waals surface area (Å²) in [6.07, 6.45) is 0.808. The molecule has 1 heterocycles. The average Bonchev–Trinajstić information content (AvgIpc) is 2.64. The van der Waals surface area contributed by atoms with E-state index in [2.05, 4.69) is 11.2 Å². The largest absolute Gasteiger partial charge is 0.298 e. The maximum Gasteiger partial charge on any atom is 0.153 e. The van der Waals surface area contributed by atoms with Gasteiger partial charge in [0.25, 0.3) is 0 Å². The lowest BCUT2D eigenvalue weighted by atomic mass is 10.2. The van der Waals surface area contributed by atoms with Crippen molar-refractivity contribution in [2.24, 2.45) is 0 Å². The second-order valence-electron chi connectivity index (χ2n) is 3.78. The van der Waals surface area contributed by atoms with E-state index in [0.717, 1.165) is 17.7 Å². The zero-order valence-electron chi connectivity index (χ0n) is 9.64. The van der Waals surface area contributed by atoms with Crippen LogP contribution in [0.5, 0.6) is 0 Å². The van der Waals surface area contributed by atoms with Gasteiger partial charge in [-0.3, -0.25) is 4.79 Å². The van der Waals surface area contributed by atoms with Gasteiger partial charge in [0, 0.05) is 0 Å². The highest BCUT2D eigenvalue weighted by Gasteiger charge is 2.11. The SMILES string of the molecule is Cc1nn(-c2cccc(C#N)c2)c(C)c1C=O. The highest BCUT2D eigenvalue weighted by atomic mass is 16.1. The van der Waals surface area contributed by atoms with E-state index in [4.69, 9.17) is 5.26 Å². The average molecular weight is 225 g/mol. The van der Waals surface area contributed by atoms with E-state index < -0.39 is 0 Å². The third-order valence-corrected chi connectivity index (χ3v) is 2.68. The summed E-state index contributed by atoms with van der Waals surface area (Å²) in [5.74, 6) is 0. The first-order valence-electron chi connectivity index (χ1n) is 5.19. The van der Waals surface area contributed by atoms with Crippen molar-refractivity contribution in [2.75, 3.05) is 0 Å². The molecule has 2 rings (SSSR count). The van der Waals surface area contributed by atoms with Gasteiger partial charge in [-0.1, -0.05) is 6.07 Å². The lowest BCUT2D eigenvalue weighted by Crippen LogP contribution is -1.99. The van der Waals surface area contributed by atoms with Crippen molar-refractivity contribution in [3.63, 3.8) is 0 Å². The summed E-state index contributed by atoms with van der Waals surface area (Å²) in [5.41, 5.74) is 3.44. The van der Waals surface area contributed by atoms with Gasteiger partial charge in [-0.15, -0.1) is 0 Å². The summed E-state index contributed by atoms with van der Waals surface area (Å²) in [6, 6.07) is 9.21. The van der Waals surface area contributed by atoms with Crippen molar-refractivity contribution in [3.8, 4) is 11.8 Å². The van der Waals surface area contributed by atoms with Crippen LogP contribution >= 0.6 is 0 Å². The van der Waals surface area contributed by atoms with Gasteiger partial charge in [-0.25, -0.2) is 4.68 Å². The molecule has 0 atom stereocenters. The predicted octanol–water partition coefficient (Wildman–Crippen LogP) is 2.17. The topological polar surface area (TPSA) is 58.7 Å². The Hall–Kier alpha value is -2.41. The first-order chi connectivity index (χ1) is 8.17. The zero-order valence-corrected chi connectivity index (χ0v) is 9.64. The van der Waals surface area contributed by atoms with Crippen LogP contribution < -0.4 is 0 Å². The van der Waals surface area contributed by atoms with Crippen LogP contribution in [-0.2, 0) is 0 Å². The third-order valence-electron chi connectivity index (χ3n) is 2.68. The number of aldehydes is 1. The fourth-order valence-corrected chi connectivity index (χ4v) is 1.78. The van der Waals surface area contributed by atoms with Crippen molar-refractivity contribution in [1.29, 1.82) is 5.26 Å². The number of carbonyl (C=O) groups excluding carboxylic acids is 1. The highest BCUT2D eigenvalue weighted by molar-refractivity contribution is 5.78. The molecule has 1 aromatic heterocycles.